The molecule has 0 saturated carbocycles. The molecule has 1 saturated heterocycles. The zero-order valence-corrected chi connectivity index (χ0v) is 11.2. The maximum atomic E-state index is 5.61. The predicted molar refractivity (Wildman–Crippen MR) is 73.8 cm³/mol. The van der Waals surface area contributed by atoms with Crippen molar-refractivity contribution in [1.82, 2.24) is 15.3 Å². The highest BCUT2D eigenvalue weighted by Crippen LogP contribution is 2.20. The van der Waals surface area contributed by atoms with Crippen LogP contribution in [-0.4, -0.2) is 23.1 Å². The summed E-state index contributed by atoms with van der Waals surface area (Å²) in [5.41, 5.74) is 0.877. The Hall–Kier alpha value is -1.68. The van der Waals surface area contributed by atoms with Crippen molar-refractivity contribution in [3.8, 4) is 11.5 Å². The molecule has 2 aromatic heterocycles. The Morgan fingerprint density at radius 2 is 2.32 bits per heavy atom. The summed E-state index contributed by atoms with van der Waals surface area (Å²) in [6, 6.07) is 5.83. The van der Waals surface area contributed by atoms with Gasteiger partial charge in [0, 0.05) is 12.6 Å². The van der Waals surface area contributed by atoms with Crippen LogP contribution in [0.1, 0.15) is 24.4 Å². The van der Waals surface area contributed by atoms with Gasteiger partial charge in [-0.3, -0.25) is 0 Å². The zero-order valence-electron chi connectivity index (χ0n) is 11.2. The summed E-state index contributed by atoms with van der Waals surface area (Å²) in [6.45, 7) is 4.16. The van der Waals surface area contributed by atoms with Gasteiger partial charge < -0.3 is 9.73 Å². The molecule has 0 bridgehead atoms. The second-order valence-corrected chi connectivity index (χ2v) is 5.18. The van der Waals surface area contributed by atoms with Crippen LogP contribution in [0.25, 0.3) is 11.5 Å². The van der Waals surface area contributed by atoms with Crippen LogP contribution in [-0.2, 0) is 6.42 Å². The maximum Gasteiger partial charge on any atom is 0.152 e. The Bertz CT molecular complexity index is 544. The quantitative estimate of drug-likeness (QED) is 0.918. The molecular formula is C15H19N3O. The normalized spacial score (nSPS) is 19.5. The molecule has 1 aliphatic heterocycles. The van der Waals surface area contributed by atoms with E-state index in [1.165, 1.54) is 12.8 Å². The summed E-state index contributed by atoms with van der Waals surface area (Å²) in [5.74, 6) is 3.30. The van der Waals surface area contributed by atoms with Gasteiger partial charge in [-0.1, -0.05) is 0 Å². The summed E-state index contributed by atoms with van der Waals surface area (Å²) < 4.78 is 5.61. The van der Waals surface area contributed by atoms with Gasteiger partial charge in [0.05, 0.1) is 0 Å². The van der Waals surface area contributed by atoms with Crippen molar-refractivity contribution in [1.29, 1.82) is 0 Å². The third kappa shape index (κ3) is 3.01. The summed E-state index contributed by atoms with van der Waals surface area (Å²) in [5, 5.41) is 3.43. The molecule has 0 aromatic carbocycles. The topological polar surface area (TPSA) is 51.0 Å². The van der Waals surface area contributed by atoms with E-state index in [2.05, 4.69) is 15.3 Å². The molecule has 0 radical (unpaired) electrons. The number of hydrogen-bond acceptors (Lipinski definition) is 4. The van der Waals surface area contributed by atoms with Gasteiger partial charge in [-0.2, -0.15) is 0 Å². The van der Waals surface area contributed by atoms with Crippen LogP contribution >= 0.6 is 0 Å². The van der Waals surface area contributed by atoms with Crippen molar-refractivity contribution in [2.24, 2.45) is 5.92 Å². The van der Waals surface area contributed by atoms with Crippen molar-refractivity contribution in [3.05, 3.63) is 36.0 Å². The lowest BCUT2D eigenvalue weighted by atomic mass is 9.96. The highest BCUT2D eigenvalue weighted by atomic mass is 16.3. The van der Waals surface area contributed by atoms with Crippen LogP contribution in [0.4, 0.5) is 0 Å². The molecule has 19 heavy (non-hydrogen) atoms. The standard InChI is InChI=1S/C15H19N3O/c1-11-4-5-14(19-11)13-6-8-17-15(18-13)9-12-3-2-7-16-10-12/h4-6,8,12,16H,2-3,7,9-10H2,1H3. The Kier molecular flexibility index (Phi) is 3.60. The SMILES string of the molecule is Cc1ccc(-c2ccnc(CC3CCCNC3)n2)o1. The van der Waals surface area contributed by atoms with Crippen molar-refractivity contribution in [2.45, 2.75) is 26.2 Å². The Labute approximate surface area is 113 Å². The first-order valence-electron chi connectivity index (χ1n) is 6.91. The summed E-state index contributed by atoms with van der Waals surface area (Å²) >= 11 is 0. The number of nitrogens with one attached hydrogen (secondary N) is 1. The van der Waals surface area contributed by atoms with Crippen molar-refractivity contribution >= 4 is 0 Å². The molecule has 100 valence electrons. The van der Waals surface area contributed by atoms with Crippen LogP contribution < -0.4 is 5.32 Å². The fraction of sp³-hybridized carbons (Fsp3) is 0.467. The van der Waals surface area contributed by atoms with E-state index in [4.69, 9.17) is 4.42 Å². The van der Waals surface area contributed by atoms with E-state index in [0.29, 0.717) is 5.92 Å². The van der Waals surface area contributed by atoms with Gasteiger partial charge in [0.2, 0.25) is 0 Å². The molecule has 1 N–H and O–H groups in total. The van der Waals surface area contributed by atoms with Gasteiger partial charge in [-0.15, -0.1) is 0 Å². The minimum atomic E-state index is 0.655. The van der Waals surface area contributed by atoms with Gasteiger partial charge in [-0.05, 0) is 57.0 Å². The molecule has 4 heteroatoms. The molecule has 4 nitrogen and oxygen atoms in total. The van der Waals surface area contributed by atoms with E-state index in [9.17, 15) is 0 Å². The lowest BCUT2D eigenvalue weighted by molar-refractivity contribution is 0.370. The summed E-state index contributed by atoms with van der Waals surface area (Å²) in [6.07, 6.45) is 5.29. The van der Waals surface area contributed by atoms with Gasteiger partial charge in [0.15, 0.2) is 5.76 Å². The van der Waals surface area contributed by atoms with Crippen LogP contribution in [0.15, 0.2) is 28.8 Å². The summed E-state index contributed by atoms with van der Waals surface area (Å²) in [4.78, 5) is 9.00. The molecule has 1 unspecified atom stereocenters. The average Bonchev–Trinajstić information content (AvgIpc) is 2.87. The van der Waals surface area contributed by atoms with Gasteiger partial charge >= 0.3 is 0 Å². The minimum absolute atomic E-state index is 0.655. The van der Waals surface area contributed by atoms with E-state index in [1.54, 1.807) is 0 Å². The number of rotatable bonds is 3. The number of aromatic nitrogens is 2. The molecule has 1 fully saturated rings. The van der Waals surface area contributed by atoms with Crippen LogP contribution in [0.2, 0.25) is 0 Å². The number of hydrogen-bond donors (Lipinski definition) is 1. The second-order valence-electron chi connectivity index (χ2n) is 5.18. The Balaban J connectivity index is 1.75. The highest BCUT2D eigenvalue weighted by Gasteiger charge is 2.15. The first-order chi connectivity index (χ1) is 9.31. The third-order valence-corrected chi connectivity index (χ3v) is 3.57. The highest BCUT2D eigenvalue weighted by molar-refractivity contribution is 5.51. The second kappa shape index (κ2) is 5.53. The number of nitrogens with zero attached hydrogens (tertiary/aromatic N) is 2. The molecule has 3 heterocycles. The summed E-state index contributed by atoms with van der Waals surface area (Å²) in [7, 11) is 0. The van der Waals surface area contributed by atoms with Crippen LogP contribution in [0, 0.1) is 12.8 Å². The smallest absolute Gasteiger partial charge is 0.152 e. The van der Waals surface area contributed by atoms with Crippen LogP contribution in [0.3, 0.4) is 0 Å². The number of furan rings is 1. The maximum absolute atomic E-state index is 5.61. The molecule has 0 amide bonds. The number of aryl methyl sites for hydroxylation is 1. The fourth-order valence-corrected chi connectivity index (χ4v) is 2.56. The monoisotopic (exact) mass is 257 g/mol. The Morgan fingerprint density at radius 1 is 1.37 bits per heavy atom. The lowest BCUT2D eigenvalue weighted by Crippen LogP contribution is -2.31. The minimum Gasteiger partial charge on any atom is -0.460 e. The van der Waals surface area contributed by atoms with Gasteiger partial charge in [0.25, 0.3) is 0 Å². The molecule has 1 atom stereocenters. The molecular weight excluding hydrogens is 238 g/mol. The molecule has 2 aromatic rings. The number of piperidine rings is 1. The average molecular weight is 257 g/mol. The molecule has 0 spiro atoms. The largest absolute Gasteiger partial charge is 0.460 e. The predicted octanol–water partition coefficient (Wildman–Crippen LogP) is 2.59. The van der Waals surface area contributed by atoms with Crippen molar-refractivity contribution in [3.63, 3.8) is 0 Å². The van der Waals surface area contributed by atoms with E-state index in [0.717, 1.165) is 42.5 Å². The Morgan fingerprint density at radius 3 is 3.05 bits per heavy atom. The zero-order chi connectivity index (χ0) is 13.1. The lowest BCUT2D eigenvalue weighted by Gasteiger charge is -2.21. The molecule has 0 aliphatic carbocycles. The van der Waals surface area contributed by atoms with Gasteiger partial charge in [-0.25, -0.2) is 9.97 Å². The first kappa shape index (κ1) is 12.4. The van der Waals surface area contributed by atoms with Crippen molar-refractivity contribution < 1.29 is 4.42 Å². The van der Waals surface area contributed by atoms with E-state index >= 15 is 0 Å². The molecule has 1 aliphatic rings. The van der Waals surface area contributed by atoms with Crippen LogP contribution in [0.5, 0.6) is 0 Å². The van der Waals surface area contributed by atoms with E-state index < -0.39 is 0 Å². The first-order valence-corrected chi connectivity index (χ1v) is 6.91. The van der Waals surface area contributed by atoms with E-state index in [1.807, 2.05) is 31.3 Å². The fourth-order valence-electron chi connectivity index (χ4n) is 2.56. The van der Waals surface area contributed by atoms with E-state index in [-0.39, 0.29) is 0 Å². The third-order valence-electron chi connectivity index (χ3n) is 3.57. The van der Waals surface area contributed by atoms with Crippen molar-refractivity contribution in [2.75, 3.05) is 13.1 Å². The van der Waals surface area contributed by atoms with Gasteiger partial charge in [0.1, 0.15) is 17.3 Å². The molecule has 3 rings (SSSR count).